The Morgan fingerprint density at radius 3 is 2.38 bits per heavy atom. The maximum absolute atomic E-state index is 12.1. The molecule has 0 bridgehead atoms. The third-order valence-corrected chi connectivity index (χ3v) is 4.72. The zero-order valence-corrected chi connectivity index (χ0v) is 16.0. The topological polar surface area (TPSA) is 79.4 Å². The molecule has 2 aromatic carbocycles. The number of carbonyl (C=O) groups is 1. The second-order valence-electron chi connectivity index (χ2n) is 6.75. The molecule has 2 N–H and O–H groups in total. The summed E-state index contributed by atoms with van der Waals surface area (Å²) < 4.78 is 5.37. The Labute approximate surface area is 169 Å². The van der Waals surface area contributed by atoms with Crippen molar-refractivity contribution in [1.29, 1.82) is 0 Å². The van der Waals surface area contributed by atoms with Crippen molar-refractivity contribution in [2.24, 2.45) is 0 Å². The molecule has 1 aliphatic heterocycles. The first kappa shape index (κ1) is 18.9. The summed E-state index contributed by atoms with van der Waals surface area (Å²) in [4.78, 5) is 14.2. The van der Waals surface area contributed by atoms with Crippen LogP contribution in [0.15, 0.2) is 66.7 Å². The molecular formula is C22H23N5O2. The molecule has 0 radical (unpaired) electrons. The summed E-state index contributed by atoms with van der Waals surface area (Å²) >= 11 is 0. The zero-order chi connectivity index (χ0) is 19.9. The van der Waals surface area contributed by atoms with Crippen LogP contribution in [-0.4, -0.2) is 42.5 Å². The number of benzene rings is 2. The molecule has 0 saturated carbocycles. The van der Waals surface area contributed by atoms with Crippen LogP contribution in [0.3, 0.4) is 0 Å². The smallest absolute Gasteiger partial charge is 0.319 e. The van der Waals surface area contributed by atoms with Gasteiger partial charge in [-0.3, -0.25) is 0 Å². The van der Waals surface area contributed by atoms with Crippen LogP contribution in [0.2, 0.25) is 0 Å². The van der Waals surface area contributed by atoms with E-state index in [1.807, 2.05) is 66.7 Å². The summed E-state index contributed by atoms with van der Waals surface area (Å²) in [5.74, 6) is 0.866. The van der Waals surface area contributed by atoms with E-state index in [2.05, 4.69) is 25.7 Å². The van der Waals surface area contributed by atoms with Gasteiger partial charge in [0.15, 0.2) is 5.82 Å². The molecule has 7 nitrogen and oxygen atoms in total. The normalized spacial score (nSPS) is 13.7. The highest BCUT2D eigenvalue weighted by Gasteiger charge is 2.13. The van der Waals surface area contributed by atoms with Crippen LogP contribution in [0.5, 0.6) is 0 Å². The van der Waals surface area contributed by atoms with Gasteiger partial charge in [0.05, 0.1) is 18.9 Å². The molecule has 2 amide bonds. The summed E-state index contributed by atoms with van der Waals surface area (Å²) in [6, 6.07) is 21.1. The van der Waals surface area contributed by atoms with Gasteiger partial charge in [0.1, 0.15) is 0 Å². The Bertz CT molecular complexity index is 924. The van der Waals surface area contributed by atoms with E-state index < -0.39 is 0 Å². The van der Waals surface area contributed by atoms with E-state index in [0.717, 1.165) is 54.6 Å². The summed E-state index contributed by atoms with van der Waals surface area (Å²) in [7, 11) is 0. The minimum atomic E-state index is -0.240. The third kappa shape index (κ3) is 5.08. The van der Waals surface area contributed by atoms with E-state index in [4.69, 9.17) is 4.74 Å². The predicted molar refractivity (Wildman–Crippen MR) is 113 cm³/mol. The number of urea groups is 1. The second-order valence-corrected chi connectivity index (χ2v) is 6.75. The summed E-state index contributed by atoms with van der Waals surface area (Å²) in [5.41, 5.74) is 3.51. The number of ether oxygens (including phenoxy) is 1. The predicted octanol–water partition coefficient (Wildman–Crippen LogP) is 3.30. The number of morpholine rings is 1. The van der Waals surface area contributed by atoms with E-state index in [1.54, 1.807) is 0 Å². The molecule has 0 atom stereocenters. The van der Waals surface area contributed by atoms with Crippen LogP contribution in [0.4, 0.5) is 16.3 Å². The molecule has 1 fully saturated rings. The number of hydrogen-bond donors (Lipinski definition) is 2. The average molecular weight is 389 g/mol. The molecule has 148 valence electrons. The molecule has 0 unspecified atom stereocenters. The van der Waals surface area contributed by atoms with Crippen molar-refractivity contribution in [2.75, 3.05) is 36.5 Å². The fourth-order valence-electron chi connectivity index (χ4n) is 3.12. The van der Waals surface area contributed by atoms with E-state index >= 15 is 0 Å². The van der Waals surface area contributed by atoms with Crippen LogP contribution >= 0.6 is 0 Å². The Morgan fingerprint density at radius 2 is 1.69 bits per heavy atom. The molecule has 4 rings (SSSR count). The van der Waals surface area contributed by atoms with Crippen molar-refractivity contribution in [3.05, 3.63) is 72.3 Å². The number of rotatable bonds is 5. The minimum Gasteiger partial charge on any atom is -0.378 e. The Balaban J connectivity index is 1.33. The van der Waals surface area contributed by atoms with Crippen LogP contribution in [-0.2, 0) is 11.3 Å². The van der Waals surface area contributed by atoms with Crippen LogP contribution in [0.25, 0.3) is 11.3 Å². The van der Waals surface area contributed by atoms with Crippen molar-refractivity contribution in [3.8, 4) is 11.3 Å². The third-order valence-electron chi connectivity index (χ3n) is 4.72. The molecule has 1 saturated heterocycles. The van der Waals surface area contributed by atoms with E-state index in [9.17, 15) is 4.79 Å². The number of nitrogens with one attached hydrogen (secondary N) is 2. The van der Waals surface area contributed by atoms with E-state index in [0.29, 0.717) is 6.54 Å². The van der Waals surface area contributed by atoms with E-state index in [1.165, 1.54) is 0 Å². The van der Waals surface area contributed by atoms with Gasteiger partial charge in [-0.25, -0.2) is 4.79 Å². The molecule has 7 heteroatoms. The van der Waals surface area contributed by atoms with Gasteiger partial charge in [0.25, 0.3) is 0 Å². The standard InChI is InChI=1S/C22H23N5O2/c28-22(23-16-17-4-2-1-3-5-17)24-19-8-6-18(7-9-19)20-10-11-21(26-25-20)27-12-14-29-15-13-27/h1-11H,12-16H2,(H2,23,24,28). The molecule has 1 aliphatic rings. The molecule has 2 heterocycles. The van der Waals surface area contributed by atoms with Gasteiger partial charge < -0.3 is 20.3 Å². The molecule has 1 aromatic heterocycles. The quantitative estimate of drug-likeness (QED) is 0.700. The molecule has 0 spiro atoms. The fraction of sp³-hybridized carbons (Fsp3) is 0.227. The Kier molecular flexibility index (Phi) is 5.97. The number of hydrogen-bond acceptors (Lipinski definition) is 5. The van der Waals surface area contributed by atoms with Gasteiger partial charge in [-0.1, -0.05) is 42.5 Å². The lowest BCUT2D eigenvalue weighted by Crippen LogP contribution is -2.36. The van der Waals surface area contributed by atoms with Gasteiger partial charge in [-0.05, 0) is 29.8 Å². The highest BCUT2D eigenvalue weighted by molar-refractivity contribution is 5.89. The number of aromatic nitrogens is 2. The number of amides is 2. The highest BCUT2D eigenvalue weighted by Crippen LogP contribution is 2.21. The first-order valence-electron chi connectivity index (χ1n) is 9.63. The monoisotopic (exact) mass is 389 g/mol. The first-order chi connectivity index (χ1) is 14.3. The molecular weight excluding hydrogens is 366 g/mol. The minimum absolute atomic E-state index is 0.240. The van der Waals surface area contributed by atoms with Crippen LogP contribution in [0.1, 0.15) is 5.56 Å². The average Bonchev–Trinajstić information content (AvgIpc) is 2.80. The van der Waals surface area contributed by atoms with Crippen molar-refractivity contribution in [2.45, 2.75) is 6.54 Å². The summed E-state index contributed by atoms with van der Waals surface area (Å²) in [5, 5.41) is 14.4. The first-order valence-corrected chi connectivity index (χ1v) is 9.63. The molecule has 3 aromatic rings. The lowest BCUT2D eigenvalue weighted by atomic mass is 10.1. The highest BCUT2D eigenvalue weighted by atomic mass is 16.5. The van der Waals surface area contributed by atoms with Crippen molar-refractivity contribution >= 4 is 17.5 Å². The maximum atomic E-state index is 12.1. The Morgan fingerprint density at radius 1 is 0.931 bits per heavy atom. The van der Waals surface area contributed by atoms with Gasteiger partial charge in [0, 0.05) is 30.9 Å². The maximum Gasteiger partial charge on any atom is 0.319 e. The van der Waals surface area contributed by atoms with Crippen molar-refractivity contribution in [1.82, 2.24) is 15.5 Å². The van der Waals surface area contributed by atoms with Gasteiger partial charge >= 0.3 is 6.03 Å². The lowest BCUT2D eigenvalue weighted by molar-refractivity contribution is 0.122. The van der Waals surface area contributed by atoms with Gasteiger partial charge in [-0.15, -0.1) is 10.2 Å². The van der Waals surface area contributed by atoms with Crippen LogP contribution < -0.4 is 15.5 Å². The largest absolute Gasteiger partial charge is 0.378 e. The zero-order valence-electron chi connectivity index (χ0n) is 16.0. The van der Waals surface area contributed by atoms with Gasteiger partial charge in [-0.2, -0.15) is 0 Å². The van der Waals surface area contributed by atoms with Crippen molar-refractivity contribution in [3.63, 3.8) is 0 Å². The van der Waals surface area contributed by atoms with Gasteiger partial charge in [0.2, 0.25) is 0 Å². The summed E-state index contributed by atoms with van der Waals surface area (Å²) in [6.45, 7) is 3.59. The Hall–Kier alpha value is -3.45. The number of carbonyl (C=O) groups excluding carboxylic acids is 1. The van der Waals surface area contributed by atoms with E-state index in [-0.39, 0.29) is 6.03 Å². The lowest BCUT2D eigenvalue weighted by Gasteiger charge is -2.27. The fourth-order valence-corrected chi connectivity index (χ4v) is 3.12. The summed E-state index contributed by atoms with van der Waals surface area (Å²) in [6.07, 6.45) is 0. The molecule has 0 aliphatic carbocycles. The number of anilines is 2. The number of nitrogens with zero attached hydrogens (tertiary/aromatic N) is 3. The molecule has 29 heavy (non-hydrogen) atoms. The van der Waals surface area contributed by atoms with Crippen LogP contribution in [0, 0.1) is 0 Å². The second kappa shape index (κ2) is 9.16. The van der Waals surface area contributed by atoms with Crippen molar-refractivity contribution < 1.29 is 9.53 Å². The SMILES string of the molecule is O=C(NCc1ccccc1)Nc1ccc(-c2ccc(N3CCOCC3)nn2)cc1.